The third kappa shape index (κ3) is 3.87. The molecule has 0 N–H and O–H groups in total. The molecular weight excluding hydrogens is 393 g/mol. The van der Waals surface area contributed by atoms with Crippen LogP contribution < -0.4 is 10.5 Å². The van der Waals surface area contributed by atoms with Gasteiger partial charge < -0.3 is 9.47 Å². The second kappa shape index (κ2) is 8.57. The highest BCUT2D eigenvalue weighted by Gasteiger charge is 2.27. The lowest BCUT2D eigenvalue weighted by Gasteiger charge is -2.34. The van der Waals surface area contributed by atoms with Crippen molar-refractivity contribution in [2.75, 3.05) is 18.0 Å². The van der Waals surface area contributed by atoms with Crippen LogP contribution in [0.5, 0.6) is 0 Å². The summed E-state index contributed by atoms with van der Waals surface area (Å²) >= 11 is 0. The number of benzene rings is 2. The van der Waals surface area contributed by atoms with Crippen LogP contribution in [0, 0.1) is 23.1 Å². The van der Waals surface area contributed by atoms with E-state index in [9.17, 15) is 19.2 Å². The second-order valence-corrected chi connectivity index (χ2v) is 7.74. The lowest BCUT2D eigenvalue weighted by atomic mass is 9.91. The number of nitrogens with zero attached hydrogens (tertiary/aromatic N) is 3. The van der Waals surface area contributed by atoms with Gasteiger partial charge in [-0.3, -0.25) is 9.59 Å². The molecule has 0 unspecified atom stereocenters. The molecule has 4 rings (SSSR count). The number of halogens is 1. The van der Waals surface area contributed by atoms with Crippen molar-refractivity contribution in [3.63, 3.8) is 0 Å². The summed E-state index contributed by atoms with van der Waals surface area (Å²) in [6, 6.07) is 15.6. The normalized spacial score (nSPS) is 14.4. The summed E-state index contributed by atoms with van der Waals surface area (Å²) in [5, 5.41) is 10.7. The van der Waals surface area contributed by atoms with Gasteiger partial charge in [0.15, 0.2) is 5.78 Å². The first-order chi connectivity index (χ1) is 15.0. The second-order valence-electron chi connectivity index (χ2n) is 7.74. The van der Waals surface area contributed by atoms with Gasteiger partial charge in [0.2, 0.25) is 0 Å². The van der Waals surface area contributed by atoms with Crippen molar-refractivity contribution >= 4 is 22.4 Å². The highest BCUT2D eigenvalue weighted by Crippen LogP contribution is 2.32. The van der Waals surface area contributed by atoms with Crippen LogP contribution in [0.25, 0.3) is 10.9 Å². The van der Waals surface area contributed by atoms with E-state index < -0.39 is 0 Å². The summed E-state index contributed by atoms with van der Waals surface area (Å²) in [6.45, 7) is 4.99. The molecule has 1 aliphatic heterocycles. The summed E-state index contributed by atoms with van der Waals surface area (Å²) in [5.74, 6) is -0.364. The predicted molar refractivity (Wildman–Crippen MR) is 119 cm³/mol. The van der Waals surface area contributed by atoms with Crippen LogP contribution in [0.3, 0.4) is 0 Å². The van der Waals surface area contributed by atoms with Gasteiger partial charge in [0.05, 0.1) is 17.7 Å². The molecule has 0 radical (unpaired) electrons. The molecule has 0 bridgehead atoms. The molecule has 0 saturated carbocycles. The van der Waals surface area contributed by atoms with E-state index >= 15 is 0 Å². The molecule has 0 spiro atoms. The summed E-state index contributed by atoms with van der Waals surface area (Å²) in [4.78, 5) is 27.4. The van der Waals surface area contributed by atoms with Gasteiger partial charge in [0, 0.05) is 24.4 Å². The number of aromatic nitrogens is 1. The Kier molecular flexibility index (Phi) is 5.68. The number of ketones is 1. The van der Waals surface area contributed by atoms with Crippen molar-refractivity contribution < 1.29 is 9.18 Å². The van der Waals surface area contributed by atoms with Crippen molar-refractivity contribution in [1.29, 1.82) is 5.26 Å². The van der Waals surface area contributed by atoms with E-state index in [-0.39, 0.29) is 35.2 Å². The van der Waals surface area contributed by atoms with Crippen LogP contribution in [-0.4, -0.2) is 23.4 Å². The number of piperidine rings is 1. The van der Waals surface area contributed by atoms with Gasteiger partial charge in [0.25, 0.3) is 5.56 Å². The fourth-order valence-electron chi connectivity index (χ4n) is 4.30. The number of hydrogen-bond acceptors (Lipinski definition) is 4. The highest BCUT2D eigenvalue weighted by atomic mass is 19.1. The Labute approximate surface area is 179 Å². The Bertz CT molecular complexity index is 1250. The van der Waals surface area contributed by atoms with E-state index in [1.807, 2.05) is 29.2 Å². The van der Waals surface area contributed by atoms with Crippen LogP contribution in [0.2, 0.25) is 0 Å². The summed E-state index contributed by atoms with van der Waals surface area (Å²) in [5.41, 5.74) is 1.84. The molecule has 3 aromatic rings. The van der Waals surface area contributed by atoms with Crippen LogP contribution in [0.15, 0.2) is 66.0 Å². The monoisotopic (exact) mass is 415 g/mol. The average molecular weight is 415 g/mol. The van der Waals surface area contributed by atoms with Crippen LogP contribution in [0.1, 0.15) is 24.0 Å². The molecule has 0 amide bonds. The van der Waals surface area contributed by atoms with Crippen molar-refractivity contribution in [1.82, 2.24) is 4.57 Å². The molecule has 1 saturated heterocycles. The number of rotatable bonds is 5. The minimum absolute atomic E-state index is 0.0414. The van der Waals surface area contributed by atoms with Crippen molar-refractivity contribution in [2.24, 2.45) is 5.92 Å². The zero-order chi connectivity index (χ0) is 22.0. The maximum absolute atomic E-state index is 13.3. The Morgan fingerprint density at radius 3 is 2.48 bits per heavy atom. The fraction of sp³-hybridized carbons (Fsp3) is 0.240. The number of hydrogen-bond donors (Lipinski definition) is 0. The Balaban J connectivity index is 1.80. The Morgan fingerprint density at radius 2 is 1.84 bits per heavy atom. The average Bonchev–Trinajstić information content (AvgIpc) is 2.81. The van der Waals surface area contributed by atoms with E-state index in [4.69, 9.17) is 0 Å². The molecule has 1 aromatic heterocycles. The number of para-hydroxylation sites is 1. The van der Waals surface area contributed by atoms with Gasteiger partial charge in [-0.15, -0.1) is 0 Å². The SMILES string of the molecule is C=CC(=O)C1CCN(c2c(C#N)c(=O)n(Cc3ccc(F)cc3)c3ccccc23)CC1. The minimum atomic E-state index is -0.371. The van der Waals surface area contributed by atoms with Gasteiger partial charge in [-0.2, -0.15) is 5.26 Å². The molecule has 1 aliphatic rings. The van der Waals surface area contributed by atoms with Crippen LogP contribution >= 0.6 is 0 Å². The topological polar surface area (TPSA) is 66.1 Å². The van der Waals surface area contributed by atoms with E-state index in [2.05, 4.69) is 12.6 Å². The van der Waals surface area contributed by atoms with Gasteiger partial charge in [-0.1, -0.05) is 36.9 Å². The molecule has 2 heterocycles. The van der Waals surface area contributed by atoms with E-state index in [1.54, 1.807) is 16.7 Å². The molecular formula is C25H22FN3O2. The number of anilines is 1. The summed E-state index contributed by atoms with van der Waals surface area (Å²) in [7, 11) is 0. The molecule has 31 heavy (non-hydrogen) atoms. The molecule has 0 aliphatic carbocycles. The lowest BCUT2D eigenvalue weighted by molar-refractivity contribution is -0.118. The van der Waals surface area contributed by atoms with E-state index in [1.165, 1.54) is 18.2 Å². The van der Waals surface area contributed by atoms with Crippen molar-refractivity contribution in [2.45, 2.75) is 19.4 Å². The van der Waals surface area contributed by atoms with Gasteiger partial charge in [-0.25, -0.2) is 4.39 Å². The number of carbonyl (C=O) groups excluding carboxylic acids is 1. The van der Waals surface area contributed by atoms with Crippen LogP contribution in [-0.2, 0) is 11.3 Å². The van der Waals surface area contributed by atoms with Gasteiger partial charge in [-0.05, 0) is 42.7 Å². The Morgan fingerprint density at radius 1 is 1.16 bits per heavy atom. The first kappa shape index (κ1) is 20.5. The summed E-state index contributed by atoms with van der Waals surface area (Å²) < 4.78 is 14.9. The first-order valence-corrected chi connectivity index (χ1v) is 10.2. The standard InChI is InChI=1S/C25H22FN3O2/c1-2-23(30)18-11-13-28(14-12-18)24-20-5-3-4-6-22(20)29(25(31)21(24)15-27)16-17-7-9-19(26)10-8-17/h2-10,18H,1,11-14,16H2. The molecule has 5 nitrogen and oxygen atoms in total. The predicted octanol–water partition coefficient (Wildman–Crippen LogP) is 4.03. The maximum atomic E-state index is 13.3. The van der Waals surface area contributed by atoms with Crippen molar-refractivity contribution in [3.8, 4) is 6.07 Å². The van der Waals surface area contributed by atoms with Crippen molar-refractivity contribution in [3.05, 3.63) is 88.5 Å². The Hall–Kier alpha value is -3.72. The van der Waals surface area contributed by atoms with E-state index in [0.29, 0.717) is 31.6 Å². The molecule has 0 atom stereocenters. The third-order valence-electron chi connectivity index (χ3n) is 5.93. The minimum Gasteiger partial charge on any atom is -0.370 e. The number of pyridine rings is 1. The zero-order valence-corrected chi connectivity index (χ0v) is 17.1. The number of fused-ring (bicyclic) bond motifs is 1. The molecule has 6 heteroatoms. The number of nitriles is 1. The quantitative estimate of drug-likeness (QED) is 0.590. The van der Waals surface area contributed by atoms with Crippen LogP contribution in [0.4, 0.5) is 10.1 Å². The fourth-order valence-corrected chi connectivity index (χ4v) is 4.30. The zero-order valence-electron chi connectivity index (χ0n) is 17.1. The number of allylic oxidation sites excluding steroid dienone is 1. The maximum Gasteiger partial charge on any atom is 0.271 e. The molecule has 1 fully saturated rings. The third-order valence-corrected chi connectivity index (χ3v) is 5.93. The largest absolute Gasteiger partial charge is 0.370 e. The number of carbonyl (C=O) groups is 1. The van der Waals surface area contributed by atoms with Gasteiger partial charge >= 0.3 is 0 Å². The highest BCUT2D eigenvalue weighted by molar-refractivity contribution is 5.95. The van der Waals surface area contributed by atoms with E-state index in [0.717, 1.165) is 16.5 Å². The smallest absolute Gasteiger partial charge is 0.271 e. The first-order valence-electron chi connectivity index (χ1n) is 10.2. The summed E-state index contributed by atoms with van der Waals surface area (Å²) in [6.07, 6.45) is 2.68. The molecule has 156 valence electrons. The van der Waals surface area contributed by atoms with Gasteiger partial charge in [0.1, 0.15) is 17.4 Å². The lowest BCUT2D eigenvalue weighted by Crippen LogP contribution is -2.38. The molecule has 2 aromatic carbocycles.